The van der Waals surface area contributed by atoms with Crippen LogP contribution in [0.3, 0.4) is 0 Å². The zero-order chi connectivity index (χ0) is 19.2. The summed E-state index contributed by atoms with van der Waals surface area (Å²) in [6.45, 7) is 4.64. The number of hydrogen-bond donors (Lipinski definition) is 0. The highest BCUT2D eigenvalue weighted by molar-refractivity contribution is 5.92. The van der Waals surface area contributed by atoms with Crippen LogP contribution in [0.15, 0.2) is 55.1 Å². The molecule has 27 heavy (non-hydrogen) atoms. The summed E-state index contributed by atoms with van der Waals surface area (Å²) in [6, 6.07) is 13.2. The fourth-order valence-electron chi connectivity index (χ4n) is 3.12. The maximum Gasteiger partial charge on any atom is 0.273 e. The molecule has 0 aliphatic rings. The Bertz CT molecular complexity index is 878. The molecule has 0 aliphatic carbocycles. The summed E-state index contributed by atoms with van der Waals surface area (Å²) in [4.78, 5) is 19.5. The molecule has 1 amide bonds. The quantitative estimate of drug-likeness (QED) is 0.642. The van der Waals surface area contributed by atoms with E-state index in [9.17, 15) is 4.79 Å². The van der Waals surface area contributed by atoms with Gasteiger partial charge in [0.2, 0.25) is 0 Å². The van der Waals surface area contributed by atoms with Crippen LogP contribution >= 0.6 is 0 Å². The van der Waals surface area contributed by atoms with Crippen LogP contribution in [-0.4, -0.2) is 44.2 Å². The van der Waals surface area contributed by atoms with Crippen LogP contribution in [0.4, 0.5) is 0 Å². The van der Waals surface area contributed by atoms with Gasteiger partial charge in [0.15, 0.2) is 0 Å². The third-order valence-corrected chi connectivity index (χ3v) is 4.50. The Morgan fingerprint density at radius 1 is 1.11 bits per heavy atom. The van der Waals surface area contributed by atoms with Gasteiger partial charge in [-0.15, -0.1) is 10.2 Å². The first-order chi connectivity index (χ1) is 13.2. The summed E-state index contributed by atoms with van der Waals surface area (Å²) in [5.74, 6) is 1.31. The molecule has 0 fully saturated rings. The summed E-state index contributed by atoms with van der Waals surface area (Å²) in [5, 5.41) is 7.57. The van der Waals surface area contributed by atoms with Crippen LogP contribution in [0.25, 0.3) is 5.82 Å². The van der Waals surface area contributed by atoms with Gasteiger partial charge in [0.25, 0.3) is 5.91 Å². The van der Waals surface area contributed by atoms with Gasteiger partial charge < -0.3 is 9.64 Å². The van der Waals surface area contributed by atoms with E-state index in [1.165, 1.54) is 0 Å². The zero-order valence-corrected chi connectivity index (χ0v) is 15.7. The van der Waals surface area contributed by atoms with E-state index < -0.39 is 0 Å². The molecule has 0 spiro atoms. The molecule has 0 saturated carbocycles. The molecule has 2 aromatic heterocycles. The van der Waals surface area contributed by atoms with Crippen molar-refractivity contribution in [3.05, 3.63) is 66.4 Å². The Morgan fingerprint density at radius 2 is 1.81 bits per heavy atom. The minimum atomic E-state index is -0.102. The second-order valence-corrected chi connectivity index (χ2v) is 6.04. The monoisotopic (exact) mass is 365 g/mol. The van der Waals surface area contributed by atoms with Crippen molar-refractivity contribution in [2.24, 2.45) is 0 Å². The van der Waals surface area contributed by atoms with Crippen molar-refractivity contribution >= 4 is 5.91 Å². The van der Waals surface area contributed by atoms with Gasteiger partial charge in [0, 0.05) is 6.54 Å². The van der Waals surface area contributed by atoms with E-state index in [1.807, 2.05) is 48.2 Å². The van der Waals surface area contributed by atoms with Gasteiger partial charge in [-0.05, 0) is 43.2 Å². The summed E-state index contributed by atoms with van der Waals surface area (Å²) in [7, 11) is 1.64. The Hall–Kier alpha value is -3.22. The second kappa shape index (κ2) is 8.44. The van der Waals surface area contributed by atoms with Crippen molar-refractivity contribution in [3.63, 3.8) is 0 Å². The molecule has 0 saturated heterocycles. The molecule has 2 heterocycles. The highest BCUT2D eigenvalue weighted by atomic mass is 16.5. The molecule has 7 nitrogen and oxygen atoms in total. The van der Waals surface area contributed by atoms with Crippen molar-refractivity contribution in [1.29, 1.82) is 0 Å². The molecule has 1 aromatic carbocycles. The Kier molecular flexibility index (Phi) is 5.80. The van der Waals surface area contributed by atoms with Gasteiger partial charge >= 0.3 is 0 Å². The number of amides is 1. The standard InChI is InChI=1S/C20H23N5O2/c1-4-18(15-9-11-16(27-3)12-10-15)25(5-2)20(26)17-7-6-8-19(23-17)24-13-21-22-14-24/h6-14,18H,4-5H2,1-3H3. The van der Waals surface area contributed by atoms with E-state index in [-0.39, 0.29) is 11.9 Å². The van der Waals surface area contributed by atoms with Crippen molar-refractivity contribution < 1.29 is 9.53 Å². The molecular weight excluding hydrogens is 342 g/mol. The zero-order valence-electron chi connectivity index (χ0n) is 15.7. The largest absolute Gasteiger partial charge is 0.497 e. The Labute approximate surface area is 158 Å². The van der Waals surface area contributed by atoms with E-state index in [2.05, 4.69) is 22.1 Å². The smallest absolute Gasteiger partial charge is 0.273 e. The number of aromatic nitrogens is 4. The molecule has 0 bridgehead atoms. The maximum absolute atomic E-state index is 13.2. The first-order valence-electron chi connectivity index (χ1n) is 8.94. The normalized spacial score (nSPS) is 11.8. The lowest BCUT2D eigenvalue weighted by Gasteiger charge is -2.30. The van der Waals surface area contributed by atoms with Gasteiger partial charge in [-0.3, -0.25) is 9.36 Å². The SMILES string of the molecule is CCC(c1ccc(OC)cc1)N(CC)C(=O)c1cccc(-n2cnnc2)n1. The van der Waals surface area contributed by atoms with Crippen molar-refractivity contribution in [2.75, 3.05) is 13.7 Å². The van der Waals surface area contributed by atoms with Gasteiger partial charge in [-0.1, -0.05) is 25.1 Å². The molecular formula is C20H23N5O2. The highest BCUT2D eigenvalue weighted by Gasteiger charge is 2.24. The van der Waals surface area contributed by atoms with Crippen LogP contribution in [0.5, 0.6) is 5.75 Å². The van der Waals surface area contributed by atoms with Crippen molar-refractivity contribution in [1.82, 2.24) is 24.6 Å². The fraction of sp³-hybridized carbons (Fsp3) is 0.300. The summed E-state index contributed by atoms with van der Waals surface area (Å²) in [6.07, 6.45) is 3.91. The third kappa shape index (κ3) is 3.97. The molecule has 3 rings (SSSR count). The lowest BCUT2D eigenvalue weighted by molar-refractivity contribution is 0.0676. The average Bonchev–Trinajstić information content (AvgIpc) is 3.26. The molecule has 7 heteroatoms. The maximum atomic E-state index is 13.2. The van der Waals surface area contributed by atoms with E-state index in [4.69, 9.17) is 4.74 Å². The van der Waals surface area contributed by atoms with Crippen LogP contribution in [0.1, 0.15) is 42.4 Å². The Morgan fingerprint density at radius 3 is 2.41 bits per heavy atom. The minimum absolute atomic E-state index is 0.0335. The lowest BCUT2D eigenvalue weighted by Crippen LogP contribution is -2.35. The number of rotatable bonds is 7. The van der Waals surface area contributed by atoms with E-state index in [0.29, 0.717) is 18.1 Å². The number of hydrogen-bond acceptors (Lipinski definition) is 5. The number of carbonyl (C=O) groups excluding carboxylic acids is 1. The summed E-state index contributed by atoms with van der Waals surface area (Å²) >= 11 is 0. The predicted octanol–water partition coefficient (Wildman–Crippen LogP) is 3.28. The third-order valence-electron chi connectivity index (χ3n) is 4.50. The number of carbonyl (C=O) groups is 1. The summed E-state index contributed by atoms with van der Waals surface area (Å²) in [5.41, 5.74) is 1.47. The molecule has 0 aliphatic heterocycles. The van der Waals surface area contributed by atoms with Crippen LogP contribution in [-0.2, 0) is 0 Å². The van der Waals surface area contributed by atoms with Crippen molar-refractivity contribution in [2.45, 2.75) is 26.3 Å². The first-order valence-corrected chi connectivity index (χ1v) is 8.94. The highest BCUT2D eigenvalue weighted by Crippen LogP contribution is 2.27. The summed E-state index contributed by atoms with van der Waals surface area (Å²) < 4.78 is 6.91. The van der Waals surface area contributed by atoms with E-state index >= 15 is 0 Å². The minimum Gasteiger partial charge on any atom is -0.497 e. The van der Waals surface area contributed by atoms with Crippen LogP contribution < -0.4 is 4.74 Å². The molecule has 0 radical (unpaired) electrons. The number of nitrogens with zero attached hydrogens (tertiary/aromatic N) is 5. The fourth-order valence-corrected chi connectivity index (χ4v) is 3.12. The molecule has 1 atom stereocenters. The molecule has 3 aromatic rings. The van der Waals surface area contributed by atoms with Gasteiger partial charge in [0.05, 0.1) is 13.2 Å². The van der Waals surface area contributed by atoms with E-state index in [0.717, 1.165) is 17.7 Å². The Balaban J connectivity index is 1.89. The number of benzene rings is 1. The van der Waals surface area contributed by atoms with Crippen molar-refractivity contribution in [3.8, 4) is 11.6 Å². The predicted molar refractivity (Wildman–Crippen MR) is 102 cm³/mol. The van der Waals surface area contributed by atoms with Crippen LogP contribution in [0, 0.1) is 0 Å². The van der Waals surface area contributed by atoms with Crippen LogP contribution in [0.2, 0.25) is 0 Å². The molecule has 140 valence electrons. The molecule has 0 N–H and O–H groups in total. The number of pyridine rings is 1. The average molecular weight is 365 g/mol. The second-order valence-electron chi connectivity index (χ2n) is 6.04. The first kappa shape index (κ1) is 18.6. The lowest BCUT2D eigenvalue weighted by atomic mass is 10.0. The topological polar surface area (TPSA) is 73.1 Å². The number of ether oxygens (including phenoxy) is 1. The molecule has 1 unspecified atom stereocenters. The van der Waals surface area contributed by atoms with Gasteiger partial charge in [-0.2, -0.15) is 0 Å². The van der Waals surface area contributed by atoms with Gasteiger partial charge in [0.1, 0.15) is 29.9 Å². The van der Waals surface area contributed by atoms with E-state index in [1.54, 1.807) is 30.4 Å². The van der Waals surface area contributed by atoms with Gasteiger partial charge in [-0.25, -0.2) is 4.98 Å². The number of methoxy groups -OCH3 is 1.